The molecule has 0 heterocycles. The van der Waals surface area contributed by atoms with Gasteiger partial charge in [-0.1, -0.05) is 41.0 Å². The largest absolute Gasteiger partial charge is 0.396 e. The molecule has 0 aromatic heterocycles. The first-order chi connectivity index (χ1) is 5.37. The van der Waals surface area contributed by atoms with Crippen molar-refractivity contribution in [2.75, 3.05) is 13.2 Å². The summed E-state index contributed by atoms with van der Waals surface area (Å²) < 4.78 is 0. The molecule has 0 aliphatic rings. The maximum Gasteiger partial charge on any atom is 0.0479 e. The maximum atomic E-state index is 8.40. The average molecular weight is 227 g/mol. The molecule has 2 nitrogen and oxygen atoms in total. The normalized spacial score (nSPS) is 12.2. The van der Waals surface area contributed by atoms with Crippen LogP contribution in [0.1, 0.15) is 41.0 Å². The monoisotopic (exact) mass is 227 g/mol. The summed E-state index contributed by atoms with van der Waals surface area (Å²) in [6.07, 6.45) is 1.08. The van der Waals surface area contributed by atoms with Crippen LogP contribution in [0.5, 0.6) is 0 Å². The number of rotatable bonds is 2. The van der Waals surface area contributed by atoms with Gasteiger partial charge >= 0.3 is 0 Å². The summed E-state index contributed by atoms with van der Waals surface area (Å²) in [5.74, 6) is 0.491. The third-order valence-corrected chi connectivity index (χ3v) is 1.48. The first-order valence-corrected chi connectivity index (χ1v) is 4.59. The van der Waals surface area contributed by atoms with E-state index >= 15 is 0 Å². The minimum atomic E-state index is 0. The number of aliphatic hydroxyl groups excluding tert-OH is 2. The first-order valence-electron chi connectivity index (χ1n) is 4.59. The van der Waals surface area contributed by atoms with E-state index in [1.807, 2.05) is 27.7 Å². The van der Waals surface area contributed by atoms with E-state index in [0.717, 1.165) is 6.42 Å². The van der Waals surface area contributed by atoms with Crippen LogP contribution in [0.4, 0.5) is 0 Å². The second-order valence-corrected chi connectivity index (χ2v) is 4.41. The molecule has 0 aromatic carbocycles. The van der Waals surface area contributed by atoms with E-state index in [0.29, 0.717) is 12.5 Å². The van der Waals surface area contributed by atoms with Crippen molar-refractivity contribution in [3.05, 3.63) is 0 Å². The Morgan fingerprint density at radius 1 is 1.15 bits per heavy atom. The quantitative estimate of drug-likeness (QED) is 0.758. The van der Waals surface area contributed by atoms with Crippen LogP contribution in [0.15, 0.2) is 0 Å². The maximum absolute atomic E-state index is 8.40. The van der Waals surface area contributed by atoms with Crippen molar-refractivity contribution in [1.29, 1.82) is 0 Å². The van der Waals surface area contributed by atoms with E-state index in [1.165, 1.54) is 0 Å². The van der Waals surface area contributed by atoms with Crippen molar-refractivity contribution in [3.8, 4) is 0 Å². The van der Waals surface area contributed by atoms with Gasteiger partial charge in [0.15, 0.2) is 0 Å². The van der Waals surface area contributed by atoms with Gasteiger partial charge in [-0.05, 0) is 11.3 Å². The van der Waals surface area contributed by atoms with Gasteiger partial charge in [0.05, 0.1) is 0 Å². The molecule has 3 heteroatoms. The van der Waals surface area contributed by atoms with Crippen molar-refractivity contribution in [3.63, 3.8) is 0 Å². The van der Waals surface area contributed by atoms with E-state index < -0.39 is 0 Å². The fourth-order valence-electron chi connectivity index (χ4n) is 0.129. The molecule has 0 aliphatic heterocycles. The van der Waals surface area contributed by atoms with Crippen LogP contribution in [0.3, 0.4) is 0 Å². The third-order valence-electron chi connectivity index (χ3n) is 1.48. The Kier molecular flexibility index (Phi) is 15.6. The predicted molar refractivity (Wildman–Crippen MR) is 53.1 cm³/mol. The molecule has 0 saturated heterocycles. The summed E-state index contributed by atoms with van der Waals surface area (Å²) in [4.78, 5) is 0. The van der Waals surface area contributed by atoms with E-state index in [1.54, 1.807) is 0 Å². The van der Waals surface area contributed by atoms with Crippen molar-refractivity contribution in [2.45, 2.75) is 41.0 Å². The fraction of sp³-hybridized carbons (Fsp3) is 1.00. The molecule has 0 aliphatic carbocycles. The summed E-state index contributed by atoms with van der Waals surface area (Å²) >= 11 is 0. The minimum Gasteiger partial charge on any atom is -0.396 e. The van der Waals surface area contributed by atoms with E-state index in [-0.39, 0.29) is 30.6 Å². The Balaban J connectivity index is -0.000000143. The Bertz CT molecular complexity index is 85.4. The van der Waals surface area contributed by atoms with Gasteiger partial charge in [0.25, 0.3) is 0 Å². The van der Waals surface area contributed by atoms with Gasteiger partial charge in [0, 0.05) is 31.8 Å². The van der Waals surface area contributed by atoms with Crippen LogP contribution in [0.2, 0.25) is 0 Å². The van der Waals surface area contributed by atoms with Crippen LogP contribution < -0.4 is 0 Å². The van der Waals surface area contributed by atoms with Crippen LogP contribution in [-0.4, -0.2) is 23.4 Å². The summed E-state index contributed by atoms with van der Waals surface area (Å²) in [6.45, 7) is 10.7. The zero-order valence-electron chi connectivity index (χ0n) is 9.54. The smallest absolute Gasteiger partial charge is 0.0479 e. The molecular formula is C10H24O2V. The first kappa shape index (κ1) is 19.1. The molecule has 0 amide bonds. The number of hydrogen-bond donors (Lipinski definition) is 2. The number of hydrogen-bond acceptors (Lipinski definition) is 2. The number of aliphatic hydroxyl groups is 2. The van der Waals surface area contributed by atoms with Gasteiger partial charge in [-0.3, -0.25) is 0 Å². The molecule has 1 atom stereocenters. The summed E-state index contributed by atoms with van der Waals surface area (Å²) in [5, 5.41) is 16.7. The molecule has 0 aromatic rings. The molecule has 1 radical (unpaired) electrons. The van der Waals surface area contributed by atoms with E-state index in [2.05, 4.69) is 6.92 Å². The van der Waals surface area contributed by atoms with Gasteiger partial charge in [-0.15, -0.1) is 0 Å². The average Bonchev–Trinajstić information content (AvgIpc) is 2.03. The van der Waals surface area contributed by atoms with Crippen LogP contribution >= 0.6 is 0 Å². The topological polar surface area (TPSA) is 40.5 Å². The zero-order valence-corrected chi connectivity index (χ0v) is 10.9. The Hall–Kier alpha value is 0.504. The SMILES string of the molecule is CC(C)(C)CO.CCC(C)CO.[V]. The van der Waals surface area contributed by atoms with E-state index in [9.17, 15) is 0 Å². The zero-order chi connectivity index (χ0) is 10.2. The van der Waals surface area contributed by atoms with Gasteiger partial charge in [0.1, 0.15) is 0 Å². The summed E-state index contributed by atoms with van der Waals surface area (Å²) in [5.41, 5.74) is 0.0972. The van der Waals surface area contributed by atoms with Gasteiger partial charge < -0.3 is 10.2 Å². The van der Waals surface area contributed by atoms with Crippen LogP contribution in [-0.2, 0) is 18.6 Å². The molecule has 2 N–H and O–H groups in total. The van der Waals surface area contributed by atoms with Gasteiger partial charge in [-0.2, -0.15) is 0 Å². The standard InChI is InChI=1S/2C5H12O.V/c1-5(2,3)4-6;1-3-5(2)4-6;/h6H,4H2,1-3H3;5-6H,3-4H2,1-2H3;. The second-order valence-electron chi connectivity index (χ2n) is 4.41. The van der Waals surface area contributed by atoms with Crippen LogP contribution in [0, 0.1) is 11.3 Å². The second kappa shape index (κ2) is 10.6. The fourth-order valence-corrected chi connectivity index (χ4v) is 0.129. The molecule has 1 unspecified atom stereocenters. The van der Waals surface area contributed by atoms with Crippen molar-refractivity contribution in [1.82, 2.24) is 0 Å². The van der Waals surface area contributed by atoms with E-state index in [4.69, 9.17) is 10.2 Å². The minimum absolute atomic E-state index is 0. The molecule has 0 saturated carbocycles. The Labute approximate surface area is 94.6 Å². The molecule has 0 bridgehead atoms. The molecule has 0 rings (SSSR count). The predicted octanol–water partition coefficient (Wildman–Crippen LogP) is 2.05. The molecule has 0 fully saturated rings. The van der Waals surface area contributed by atoms with Crippen LogP contribution in [0.25, 0.3) is 0 Å². The summed E-state index contributed by atoms with van der Waals surface area (Å²) in [7, 11) is 0. The molecule has 81 valence electrons. The third kappa shape index (κ3) is 24.5. The summed E-state index contributed by atoms with van der Waals surface area (Å²) in [6, 6.07) is 0. The van der Waals surface area contributed by atoms with Crippen molar-refractivity contribution >= 4 is 0 Å². The molecular weight excluding hydrogens is 203 g/mol. The Morgan fingerprint density at radius 2 is 1.46 bits per heavy atom. The van der Waals surface area contributed by atoms with Gasteiger partial charge in [-0.25, -0.2) is 0 Å². The van der Waals surface area contributed by atoms with Crippen molar-refractivity contribution in [2.24, 2.45) is 11.3 Å². The Morgan fingerprint density at radius 3 is 1.46 bits per heavy atom. The molecule has 0 spiro atoms. The molecule has 13 heavy (non-hydrogen) atoms. The van der Waals surface area contributed by atoms with Crippen molar-refractivity contribution < 1.29 is 28.8 Å². The van der Waals surface area contributed by atoms with Gasteiger partial charge in [0.2, 0.25) is 0 Å².